The van der Waals surface area contributed by atoms with Crippen LogP contribution in [0.1, 0.15) is 61.6 Å². The van der Waals surface area contributed by atoms with Crippen LogP contribution in [0.15, 0.2) is 18.2 Å². The van der Waals surface area contributed by atoms with Crippen molar-refractivity contribution in [2.75, 3.05) is 0 Å². The highest BCUT2D eigenvalue weighted by Gasteiger charge is 2.29. The molecule has 1 aromatic heterocycles. The molecule has 4 heteroatoms. The van der Waals surface area contributed by atoms with Crippen molar-refractivity contribution in [3.05, 3.63) is 35.3 Å². The summed E-state index contributed by atoms with van der Waals surface area (Å²) in [6.45, 7) is 0.796. The highest BCUT2D eigenvalue weighted by atomic mass is 19.1. The smallest absolute Gasteiger partial charge is 0.304 e. The lowest BCUT2D eigenvalue weighted by molar-refractivity contribution is -0.137. The summed E-state index contributed by atoms with van der Waals surface area (Å²) in [5, 5.41) is 10.2. The van der Waals surface area contributed by atoms with Gasteiger partial charge in [-0.25, -0.2) is 4.39 Å². The lowest BCUT2D eigenvalue weighted by atomic mass is 9.93. The van der Waals surface area contributed by atoms with E-state index in [1.165, 1.54) is 12.8 Å². The number of carboxylic acid groups (broad SMARTS) is 1. The van der Waals surface area contributed by atoms with Crippen LogP contribution in [0.2, 0.25) is 0 Å². The summed E-state index contributed by atoms with van der Waals surface area (Å²) in [5.74, 6) is -0.411. The van der Waals surface area contributed by atoms with Crippen LogP contribution in [0, 0.1) is 5.82 Å². The number of nitrogens with zero attached hydrogens (tertiary/aromatic N) is 1. The molecule has 0 spiro atoms. The number of halogens is 1. The monoisotopic (exact) mass is 301 g/mol. The van der Waals surface area contributed by atoms with Crippen LogP contribution in [-0.2, 0) is 11.3 Å². The van der Waals surface area contributed by atoms with E-state index in [1.807, 2.05) is 0 Å². The Morgan fingerprint density at radius 1 is 1.23 bits per heavy atom. The quantitative estimate of drug-likeness (QED) is 0.913. The fourth-order valence-corrected chi connectivity index (χ4v) is 4.38. The number of hydrogen-bond acceptors (Lipinski definition) is 1. The molecule has 2 heterocycles. The Kier molecular flexibility index (Phi) is 3.21. The third-order valence-electron chi connectivity index (χ3n) is 5.39. The Balaban J connectivity index is 1.84. The molecule has 1 saturated carbocycles. The number of aliphatic carboxylic acids is 1. The first-order valence-electron chi connectivity index (χ1n) is 8.18. The fraction of sp³-hybridized carbons (Fsp3) is 0.500. The van der Waals surface area contributed by atoms with E-state index in [1.54, 1.807) is 12.1 Å². The van der Waals surface area contributed by atoms with Crippen LogP contribution in [0.3, 0.4) is 0 Å². The maximum atomic E-state index is 14.1. The number of benzene rings is 1. The van der Waals surface area contributed by atoms with Gasteiger partial charge in [0.15, 0.2) is 0 Å². The van der Waals surface area contributed by atoms with Gasteiger partial charge in [0, 0.05) is 23.5 Å². The third-order valence-corrected chi connectivity index (χ3v) is 5.39. The molecular weight excluding hydrogens is 281 g/mol. The van der Waals surface area contributed by atoms with Crippen molar-refractivity contribution in [2.24, 2.45) is 0 Å². The molecule has 1 aliphatic carbocycles. The summed E-state index contributed by atoms with van der Waals surface area (Å²) in [5.41, 5.74) is 3.15. The van der Waals surface area contributed by atoms with E-state index >= 15 is 0 Å². The second-order valence-electron chi connectivity index (χ2n) is 6.71. The highest BCUT2D eigenvalue weighted by molar-refractivity contribution is 5.86. The summed E-state index contributed by atoms with van der Waals surface area (Å²) in [6.07, 6.45) is 5.72. The maximum Gasteiger partial charge on any atom is 0.304 e. The average molecular weight is 301 g/mol. The first kappa shape index (κ1) is 13.8. The molecule has 1 aliphatic heterocycles. The molecule has 0 amide bonds. The van der Waals surface area contributed by atoms with Crippen molar-refractivity contribution >= 4 is 16.9 Å². The van der Waals surface area contributed by atoms with Crippen LogP contribution < -0.4 is 0 Å². The van der Waals surface area contributed by atoms with Gasteiger partial charge in [0.05, 0.1) is 11.9 Å². The molecule has 1 unspecified atom stereocenters. The summed E-state index contributed by atoms with van der Waals surface area (Å²) >= 11 is 0. The van der Waals surface area contributed by atoms with Gasteiger partial charge < -0.3 is 9.67 Å². The average Bonchev–Trinajstić information content (AvgIpc) is 3.16. The van der Waals surface area contributed by atoms with E-state index in [4.69, 9.17) is 5.11 Å². The van der Waals surface area contributed by atoms with E-state index in [9.17, 15) is 9.18 Å². The summed E-state index contributed by atoms with van der Waals surface area (Å²) in [7, 11) is 0. The van der Waals surface area contributed by atoms with Crippen molar-refractivity contribution in [1.29, 1.82) is 0 Å². The molecule has 1 aromatic carbocycles. The summed E-state index contributed by atoms with van der Waals surface area (Å²) in [6, 6.07) is 5.43. The van der Waals surface area contributed by atoms with Crippen LogP contribution in [0.4, 0.5) is 4.39 Å². The largest absolute Gasteiger partial charge is 0.481 e. The van der Waals surface area contributed by atoms with Gasteiger partial charge in [-0.3, -0.25) is 4.79 Å². The molecule has 1 fully saturated rings. The second-order valence-corrected chi connectivity index (χ2v) is 6.71. The molecule has 1 N–H and O–H groups in total. The highest BCUT2D eigenvalue weighted by Crippen LogP contribution is 2.42. The van der Waals surface area contributed by atoms with Crippen LogP contribution in [0.25, 0.3) is 10.9 Å². The number of carboxylic acids is 1. The van der Waals surface area contributed by atoms with Gasteiger partial charge in [0.1, 0.15) is 5.82 Å². The first-order chi connectivity index (χ1) is 10.6. The number of rotatable bonds is 3. The molecule has 2 aromatic rings. The minimum absolute atomic E-state index is 0.0596. The van der Waals surface area contributed by atoms with E-state index in [2.05, 4.69) is 10.6 Å². The van der Waals surface area contributed by atoms with E-state index in [-0.39, 0.29) is 18.2 Å². The van der Waals surface area contributed by atoms with Crippen LogP contribution in [0.5, 0.6) is 0 Å². The Morgan fingerprint density at radius 3 is 2.73 bits per heavy atom. The fourth-order valence-electron chi connectivity index (χ4n) is 4.38. The molecule has 0 saturated heterocycles. The molecule has 4 rings (SSSR count). The maximum absolute atomic E-state index is 14.1. The Hall–Kier alpha value is -1.84. The number of aromatic nitrogens is 1. The van der Waals surface area contributed by atoms with Gasteiger partial charge >= 0.3 is 5.97 Å². The van der Waals surface area contributed by atoms with Crippen molar-refractivity contribution in [3.63, 3.8) is 0 Å². The molecule has 0 radical (unpaired) electrons. The zero-order valence-electron chi connectivity index (χ0n) is 12.5. The van der Waals surface area contributed by atoms with Crippen molar-refractivity contribution in [2.45, 2.75) is 56.9 Å². The van der Waals surface area contributed by atoms with E-state index in [0.717, 1.165) is 48.0 Å². The zero-order chi connectivity index (χ0) is 15.3. The lowest BCUT2D eigenvalue weighted by Gasteiger charge is -2.12. The lowest BCUT2D eigenvalue weighted by Crippen LogP contribution is -2.02. The summed E-state index contributed by atoms with van der Waals surface area (Å²) < 4.78 is 16.2. The van der Waals surface area contributed by atoms with Gasteiger partial charge in [-0.1, -0.05) is 12.8 Å². The SMILES string of the molecule is O=C(O)CC1CCn2c1cc1c(C3CCCC3)cc(F)cc12. The normalized spacial score (nSPS) is 21.6. The third kappa shape index (κ3) is 2.13. The molecule has 0 bridgehead atoms. The van der Waals surface area contributed by atoms with E-state index in [0.29, 0.717) is 5.92 Å². The van der Waals surface area contributed by atoms with Crippen molar-refractivity contribution < 1.29 is 14.3 Å². The van der Waals surface area contributed by atoms with Crippen LogP contribution in [-0.4, -0.2) is 15.6 Å². The van der Waals surface area contributed by atoms with Gasteiger partial charge in [0.25, 0.3) is 0 Å². The Bertz CT molecular complexity index is 743. The Labute approximate surface area is 128 Å². The standard InChI is InChI=1S/C18H20FNO2/c19-13-8-14(11-3-1-2-4-11)15-10-16-12(7-18(21)22)5-6-20(16)17(15)9-13/h8-12H,1-7H2,(H,21,22). The molecule has 2 aliphatic rings. The minimum Gasteiger partial charge on any atom is -0.481 e. The number of fused-ring (bicyclic) bond motifs is 3. The first-order valence-corrected chi connectivity index (χ1v) is 8.18. The molecule has 22 heavy (non-hydrogen) atoms. The van der Waals surface area contributed by atoms with Crippen molar-refractivity contribution in [3.8, 4) is 0 Å². The minimum atomic E-state index is -0.758. The molecule has 1 atom stereocenters. The number of hydrogen-bond donors (Lipinski definition) is 1. The van der Waals surface area contributed by atoms with Gasteiger partial charge in [-0.15, -0.1) is 0 Å². The molecule has 116 valence electrons. The zero-order valence-corrected chi connectivity index (χ0v) is 12.5. The predicted molar refractivity (Wildman–Crippen MR) is 82.7 cm³/mol. The summed E-state index contributed by atoms with van der Waals surface area (Å²) in [4.78, 5) is 11.0. The topological polar surface area (TPSA) is 42.2 Å². The van der Waals surface area contributed by atoms with E-state index < -0.39 is 5.97 Å². The van der Waals surface area contributed by atoms with Gasteiger partial charge in [0.2, 0.25) is 0 Å². The van der Waals surface area contributed by atoms with Crippen molar-refractivity contribution in [1.82, 2.24) is 4.57 Å². The molecular formula is C18H20FNO2. The predicted octanol–water partition coefficient (Wildman–Crippen LogP) is 4.40. The number of carbonyl (C=O) groups is 1. The van der Waals surface area contributed by atoms with Gasteiger partial charge in [-0.2, -0.15) is 0 Å². The molecule has 3 nitrogen and oxygen atoms in total. The number of aryl methyl sites for hydroxylation is 1. The Morgan fingerprint density at radius 2 is 2.00 bits per heavy atom. The van der Waals surface area contributed by atoms with Crippen LogP contribution >= 0.6 is 0 Å². The second kappa shape index (κ2) is 5.11. The van der Waals surface area contributed by atoms with Gasteiger partial charge in [-0.05, 0) is 48.9 Å².